The molecule has 174 valence electrons. The number of carbonyl (C=O) groups excluding carboxylic acids is 3. The summed E-state index contributed by atoms with van der Waals surface area (Å²) in [5.41, 5.74) is 0.173. The molecule has 13 heteroatoms. The van der Waals surface area contributed by atoms with Gasteiger partial charge in [0.2, 0.25) is 0 Å². The maximum Gasteiger partial charge on any atom is 0.490 e. The lowest BCUT2D eigenvalue weighted by Crippen LogP contribution is -2.46. The monoisotopic (exact) mass is 682 g/mol. The molecule has 32 heavy (non-hydrogen) atoms. The molecule has 1 aliphatic heterocycles. The minimum Gasteiger partial charge on any atom is -0.458 e. The lowest BCUT2D eigenvalue weighted by molar-refractivity contribution is -0.212. The highest BCUT2D eigenvalue weighted by molar-refractivity contribution is 14.1. The average molecular weight is 682 g/mol. The van der Waals surface area contributed by atoms with E-state index in [9.17, 15) is 32.7 Å². The van der Waals surface area contributed by atoms with Crippen LogP contribution in [-0.4, -0.2) is 48.5 Å². The zero-order valence-electron chi connectivity index (χ0n) is 16.1. The fourth-order valence-corrected chi connectivity index (χ4v) is 6.83. The molecular formula is C19H15F3I2O8. The molecule has 7 atom stereocenters. The number of alkyl halides is 3. The molecule has 1 aromatic carbocycles. The smallest absolute Gasteiger partial charge is 0.458 e. The van der Waals surface area contributed by atoms with E-state index in [1.165, 1.54) is 7.11 Å². The van der Waals surface area contributed by atoms with Crippen molar-refractivity contribution in [2.24, 2.45) is 23.7 Å². The molecule has 3 aliphatic rings. The summed E-state index contributed by atoms with van der Waals surface area (Å²) in [5.74, 6) is -7.45. The Morgan fingerprint density at radius 1 is 1.25 bits per heavy atom. The molecule has 2 aliphatic carbocycles. The van der Waals surface area contributed by atoms with Crippen LogP contribution >= 0.6 is 45.2 Å². The predicted octanol–water partition coefficient (Wildman–Crippen LogP) is 2.72. The highest BCUT2D eigenvalue weighted by atomic mass is 127. The van der Waals surface area contributed by atoms with E-state index in [0.29, 0.717) is 3.57 Å². The number of halogens is 5. The normalized spacial score (nSPS) is 31.4. The van der Waals surface area contributed by atoms with Crippen molar-refractivity contribution < 1.29 is 51.6 Å². The topological polar surface area (TPSA) is 108 Å². The summed E-state index contributed by atoms with van der Waals surface area (Å²) >= 11 is 3.91. The largest absolute Gasteiger partial charge is 0.490 e. The van der Waals surface area contributed by atoms with Gasteiger partial charge in [0.1, 0.15) is 12.2 Å². The molecule has 7 unspecified atom stereocenters. The van der Waals surface area contributed by atoms with Crippen molar-refractivity contribution in [1.29, 1.82) is 0 Å². The summed E-state index contributed by atoms with van der Waals surface area (Å²) < 4.78 is 59.6. The van der Waals surface area contributed by atoms with Gasteiger partial charge in [-0.15, -0.1) is 0 Å². The van der Waals surface area contributed by atoms with Crippen molar-refractivity contribution in [1.82, 2.24) is 0 Å². The summed E-state index contributed by atoms with van der Waals surface area (Å²) in [4.78, 5) is 36.9. The summed E-state index contributed by atoms with van der Waals surface area (Å²) in [6, 6.07) is 3.23. The van der Waals surface area contributed by atoms with Gasteiger partial charge in [-0.3, -0.25) is 9.59 Å². The molecule has 1 N–H and O–H groups in total. The highest BCUT2D eigenvalue weighted by Gasteiger charge is 2.70. The molecule has 8 nitrogen and oxygen atoms in total. The van der Waals surface area contributed by atoms with Gasteiger partial charge >= 0.3 is 24.1 Å². The Labute approximate surface area is 206 Å². The third-order valence-corrected chi connectivity index (χ3v) is 7.45. The first-order valence-corrected chi connectivity index (χ1v) is 11.5. The molecule has 2 saturated carbocycles. The van der Waals surface area contributed by atoms with Gasteiger partial charge in [0, 0.05) is 22.5 Å². The van der Waals surface area contributed by atoms with E-state index in [1.807, 2.05) is 45.2 Å². The van der Waals surface area contributed by atoms with Gasteiger partial charge in [-0.1, -0.05) is 0 Å². The molecule has 0 aromatic heterocycles. The maximum absolute atomic E-state index is 13.1. The number of ether oxygens (including phenoxy) is 4. The number of benzene rings is 1. The van der Waals surface area contributed by atoms with Crippen molar-refractivity contribution >= 4 is 63.1 Å². The number of carbonyl (C=O) groups is 3. The quantitative estimate of drug-likeness (QED) is 0.219. The molecule has 1 heterocycles. The first-order chi connectivity index (χ1) is 14.9. The van der Waals surface area contributed by atoms with E-state index in [-0.39, 0.29) is 17.7 Å². The van der Waals surface area contributed by atoms with Gasteiger partial charge in [-0.25, -0.2) is 4.79 Å². The van der Waals surface area contributed by atoms with Gasteiger partial charge < -0.3 is 24.1 Å². The number of hydrogen-bond donors (Lipinski definition) is 1. The lowest BCUT2D eigenvalue weighted by Gasteiger charge is -2.30. The van der Waals surface area contributed by atoms with E-state index in [0.717, 1.165) is 3.57 Å². The van der Waals surface area contributed by atoms with Crippen LogP contribution in [0, 0.1) is 30.8 Å². The van der Waals surface area contributed by atoms with Gasteiger partial charge in [0.05, 0.1) is 21.0 Å². The third kappa shape index (κ3) is 3.98. The Bertz CT molecular complexity index is 984. The Hall–Kier alpha value is -1.20. The maximum atomic E-state index is 13.1. The zero-order valence-corrected chi connectivity index (χ0v) is 20.4. The van der Waals surface area contributed by atoms with Crippen molar-refractivity contribution in [2.45, 2.75) is 31.1 Å². The van der Waals surface area contributed by atoms with E-state index < -0.39 is 66.3 Å². The van der Waals surface area contributed by atoms with Crippen molar-refractivity contribution in [3.63, 3.8) is 0 Å². The fourth-order valence-electron chi connectivity index (χ4n) is 4.83. The van der Waals surface area contributed by atoms with Crippen LogP contribution in [0.15, 0.2) is 12.1 Å². The second kappa shape index (κ2) is 8.54. The minimum absolute atomic E-state index is 0.0138. The third-order valence-electron chi connectivity index (χ3n) is 6.02. The first-order valence-electron chi connectivity index (χ1n) is 9.33. The number of aliphatic hydroxyl groups is 1. The van der Waals surface area contributed by atoms with Crippen molar-refractivity contribution in [3.8, 4) is 5.75 Å². The SMILES string of the molecule is COC(O)c1cc(I)cc(I)c1OC(=O)C1C2CC3C(OC(=O)C31)C2OC(=O)C(F)(F)F. The summed E-state index contributed by atoms with van der Waals surface area (Å²) in [5, 5.41) is 10.1. The second-order valence-corrected chi connectivity index (χ2v) is 10.1. The van der Waals surface area contributed by atoms with Gasteiger partial charge in [0.25, 0.3) is 0 Å². The van der Waals surface area contributed by atoms with Crippen LogP contribution < -0.4 is 4.74 Å². The molecular weight excluding hydrogens is 667 g/mol. The molecule has 0 radical (unpaired) electrons. The van der Waals surface area contributed by atoms with Crippen LogP contribution in [-0.2, 0) is 28.6 Å². The number of fused-ring (bicyclic) bond motifs is 1. The van der Waals surface area contributed by atoms with Crippen molar-refractivity contribution in [3.05, 3.63) is 24.8 Å². The van der Waals surface area contributed by atoms with Gasteiger partial charge in [-0.2, -0.15) is 13.2 Å². The molecule has 2 bridgehead atoms. The zero-order chi connectivity index (χ0) is 23.5. The average Bonchev–Trinajstić information content (AvgIpc) is 3.32. The lowest BCUT2D eigenvalue weighted by atomic mass is 9.78. The first kappa shape index (κ1) is 23.9. The number of esters is 3. The van der Waals surface area contributed by atoms with Crippen LogP contribution in [0.3, 0.4) is 0 Å². The predicted molar refractivity (Wildman–Crippen MR) is 114 cm³/mol. The molecule has 0 amide bonds. The Morgan fingerprint density at radius 3 is 2.56 bits per heavy atom. The van der Waals surface area contributed by atoms with E-state index in [2.05, 4.69) is 4.74 Å². The van der Waals surface area contributed by atoms with E-state index in [1.54, 1.807) is 12.1 Å². The van der Waals surface area contributed by atoms with Crippen LogP contribution in [0.2, 0.25) is 0 Å². The highest BCUT2D eigenvalue weighted by Crippen LogP contribution is 2.59. The van der Waals surface area contributed by atoms with E-state index >= 15 is 0 Å². The minimum atomic E-state index is -5.22. The molecule has 1 aromatic rings. The van der Waals surface area contributed by atoms with Crippen molar-refractivity contribution in [2.75, 3.05) is 7.11 Å². The van der Waals surface area contributed by atoms with Crippen LogP contribution in [0.5, 0.6) is 5.75 Å². The number of rotatable bonds is 5. The van der Waals surface area contributed by atoms with Crippen LogP contribution in [0.4, 0.5) is 13.2 Å². The summed E-state index contributed by atoms with van der Waals surface area (Å²) in [6.45, 7) is 0. The summed E-state index contributed by atoms with van der Waals surface area (Å²) in [7, 11) is 1.26. The van der Waals surface area contributed by atoms with Crippen LogP contribution in [0.1, 0.15) is 18.3 Å². The number of methoxy groups -OCH3 is 1. The van der Waals surface area contributed by atoms with Gasteiger partial charge in [-0.05, 0) is 63.7 Å². The number of aliphatic hydroxyl groups excluding tert-OH is 1. The Kier molecular flexibility index (Phi) is 6.39. The van der Waals surface area contributed by atoms with Gasteiger partial charge in [0.15, 0.2) is 12.0 Å². The molecule has 1 saturated heterocycles. The standard InChI is InChI=1S/C19H15F3I2O8/c1-29-15(25)8-2-5(23)3-9(24)12(8)30-16(26)11-7-4-6-10(11)17(27)31-13(6)14(7)32-18(28)19(20,21)22/h2-3,6-7,10-11,13-15,25H,4H2,1H3. The Morgan fingerprint density at radius 2 is 1.94 bits per heavy atom. The molecule has 4 rings (SSSR count). The van der Waals surface area contributed by atoms with Crippen LogP contribution in [0.25, 0.3) is 0 Å². The molecule has 3 fully saturated rings. The summed E-state index contributed by atoms with van der Waals surface area (Å²) in [6.07, 6.45) is -8.84. The fraction of sp³-hybridized carbons (Fsp3) is 0.526. The van der Waals surface area contributed by atoms with E-state index in [4.69, 9.17) is 14.2 Å². The molecule has 0 spiro atoms. The second-order valence-electron chi connectivity index (χ2n) is 7.70. The number of hydrogen-bond acceptors (Lipinski definition) is 8. The Balaban J connectivity index is 1.62.